The van der Waals surface area contributed by atoms with Crippen molar-refractivity contribution >= 4 is 10.0 Å². The van der Waals surface area contributed by atoms with Gasteiger partial charge in [0.05, 0.1) is 18.1 Å². The van der Waals surface area contributed by atoms with Crippen LogP contribution in [0.4, 0.5) is 0 Å². The van der Waals surface area contributed by atoms with Gasteiger partial charge in [-0.05, 0) is 18.6 Å². The molecule has 2 heterocycles. The van der Waals surface area contributed by atoms with Gasteiger partial charge in [-0.1, -0.05) is 0 Å². The van der Waals surface area contributed by atoms with Gasteiger partial charge < -0.3 is 15.2 Å². The highest BCUT2D eigenvalue weighted by Gasteiger charge is 2.31. The van der Waals surface area contributed by atoms with E-state index in [-0.39, 0.29) is 10.9 Å². The van der Waals surface area contributed by atoms with E-state index < -0.39 is 10.0 Å². The third-order valence-corrected chi connectivity index (χ3v) is 5.41. The van der Waals surface area contributed by atoms with Gasteiger partial charge in [0.25, 0.3) is 0 Å². The van der Waals surface area contributed by atoms with Crippen LogP contribution in [0.3, 0.4) is 0 Å². The van der Waals surface area contributed by atoms with Gasteiger partial charge in [0.1, 0.15) is 0 Å². The Bertz CT molecular complexity index is 602. The summed E-state index contributed by atoms with van der Waals surface area (Å²) in [6, 6.07) is 4.68. The van der Waals surface area contributed by atoms with Crippen LogP contribution in [0, 0.1) is 0 Å². The van der Waals surface area contributed by atoms with Crippen molar-refractivity contribution in [2.75, 3.05) is 26.3 Å². The maximum Gasteiger partial charge on any atom is 0.243 e. The smallest absolute Gasteiger partial charge is 0.243 e. The number of ether oxygens (including phenoxy) is 2. The molecule has 0 aliphatic carbocycles. The zero-order valence-electron chi connectivity index (χ0n) is 11.1. The van der Waals surface area contributed by atoms with E-state index in [2.05, 4.69) is 0 Å². The van der Waals surface area contributed by atoms with Crippen molar-refractivity contribution in [1.82, 2.24) is 4.31 Å². The first-order chi connectivity index (χ1) is 9.57. The molecular formula is C13H18N2O4S. The lowest BCUT2D eigenvalue weighted by atomic mass is 10.3. The van der Waals surface area contributed by atoms with Crippen molar-refractivity contribution < 1.29 is 17.9 Å². The number of hydrogen-bond acceptors (Lipinski definition) is 5. The summed E-state index contributed by atoms with van der Waals surface area (Å²) in [6.45, 7) is 1.96. The Kier molecular flexibility index (Phi) is 3.57. The summed E-state index contributed by atoms with van der Waals surface area (Å²) < 4.78 is 37.5. The number of nitrogens with two attached hydrogens (primary N) is 1. The molecule has 20 heavy (non-hydrogen) atoms. The van der Waals surface area contributed by atoms with Crippen molar-refractivity contribution in [3.63, 3.8) is 0 Å². The van der Waals surface area contributed by atoms with E-state index in [0.717, 1.165) is 6.42 Å². The molecule has 2 aliphatic heterocycles. The van der Waals surface area contributed by atoms with Crippen LogP contribution in [-0.2, 0) is 10.0 Å². The molecule has 0 bridgehead atoms. The lowest BCUT2D eigenvalue weighted by Crippen LogP contribution is -2.31. The predicted octanol–water partition coefficient (Wildman–Crippen LogP) is 0.570. The maximum atomic E-state index is 12.5. The van der Waals surface area contributed by atoms with Gasteiger partial charge in [0, 0.05) is 31.6 Å². The van der Waals surface area contributed by atoms with Gasteiger partial charge in [0.15, 0.2) is 11.5 Å². The van der Waals surface area contributed by atoms with Gasteiger partial charge in [-0.2, -0.15) is 4.31 Å². The van der Waals surface area contributed by atoms with Crippen LogP contribution in [0.5, 0.6) is 11.5 Å². The Hall–Kier alpha value is -1.31. The Labute approximate surface area is 118 Å². The van der Waals surface area contributed by atoms with Crippen LogP contribution >= 0.6 is 0 Å². The van der Waals surface area contributed by atoms with Gasteiger partial charge in [-0.25, -0.2) is 8.42 Å². The van der Waals surface area contributed by atoms with Crippen molar-refractivity contribution in [2.24, 2.45) is 5.73 Å². The van der Waals surface area contributed by atoms with E-state index in [1.54, 1.807) is 18.2 Å². The van der Waals surface area contributed by atoms with Crippen LogP contribution in [0.2, 0.25) is 0 Å². The average molecular weight is 298 g/mol. The highest BCUT2D eigenvalue weighted by molar-refractivity contribution is 7.89. The summed E-state index contributed by atoms with van der Waals surface area (Å²) in [5.41, 5.74) is 5.78. The van der Waals surface area contributed by atoms with E-state index in [1.807, 2.05) is 0 Å². The molecule has 1 aromatic carbocycles. The maximum absolute atomic E-state index is 12.5. The molecule has 2 N–H and O–H groups in total. The molecule has 3 rings (SSSR count). The Morgan fingerprint density at radius 2 is 1.95 bits per heavy atom. The Morgan fingerprint density at radius 3 is 2.65 bits per heavy atom. The summed E-state index contributed by atoms with van der Waals surface area (Å²) in [5, 5.41) is 0. The zero-order valence-corrected chi connectivity index (χ0v) is 11.9. The van der Waals surface area contributed by atoms with E-state index in [4.69, 9.17) is 15.2 Å². The molecule has 110 valence electrons. The first kappa shape index (κ1) is 13.7. The largest absolute Gasteiger partial charge is 0.490 e. The second-order valence-corrected chi connectivity index (χ2v) is 7.01. The second kappa shape index (κ2) is 5.23. The quantitative estimate of drug-likeness (QED) is 0.863. The van der Waals surface area contributed by atoms with Crippen molar-refractivity contribution in [2.45, 2.75) is 23.8 Å². The molecule has 1 aromatic rings. The molecule has 0 saturated carbocycles. The molecule has 1 fully saturated rings. The topological polar surface area (TPSA) is 81.9 Å². The van der Waals surface area contributed by atoms with E-state index >= 15 is 0 Å². The van der Waals surface area contributed by atoms with Crippen molar-refractivity contribution in [1.29, 1.82) is 0 Å². The third-order valence-electron chi connectivity index (χ3n) is 3.54. The molecule has 7 heteroatoms. The summed E-state index contributed by atoms with van der Waals surface area (Å²) in [7, 11) is -3.50. The third kappa shape index (κ3) is 2.48. The predicted molar refractivity (Wildman–Crippen MR) is 73.4 cm³/mol. The van der Waals surface area contributed by atoms with Gasteiger partial charge in [-0.3, -0.25) is 0 Å². The number of nitrogens with zero attached hydrogens (tertiary/aromatic N) is 1. The summed E-state index contributed by atoms with van der Waals surface area (Å²) in [4.78, 5) is 0.232. The molecule has 0 aromatic heterocycles. The molecule has 1 saturated heterocycles. The fourth-order valence-corrected chi connectivity index (χ4v) is 3.95. The monoisotopic (exact) mass is 298 g/mol. The normalized spacial score (nSPS) is 23.6. The second-order valence-electron chi connectivity index (χ2n) is 5.07. The SMILES string of the molecule is N[C@H]1CCN(S(=O)(=O)c2ccc3c(c2)OCCCO3)C1. The molecule has 2 aliphatic rings. The molecule has 0 amide bonds. The summed E-state index contributed by atoms with van der Waals surface area (Å²) in [5.74, 6) is 1.09. The van der Waals surface area contributed by atoms with Crippen LogP contribution in [0.1, 0.15) is 12.8 Å². The lowest BCUT2D eigenvalue weighted by Gasteiger charge is -2.17. The average Bonchev–Trinajstić information content (AvgIpc) is 2.74. The minimum Gasteiger partial charge on any atom is -0.490 e. The van der Waals surface area contributed by atoms with E-state index in [9.17, 15) is 8.42 Å². The van der Waals surface area contributed by atoms with Crippen molar-refractivity contribution in [3.05, 3.63) is 18.2 Å². The lowest BCUT2D eigenvalue weighted by molar-refractivity contribution is 0.297. The van der Waals surface area contributed by atoms with Crippen LogP contribution in [0.15, 0.2) is 23.1 Å². The Balaban J connectivity index is 1.92. The van der Waals surface area contributed by atoms with Crippen molar-refractivity contribution in [3.8, 4) is 11.5 Å². The molecule has 0 radical (unpaired) electrons. The van der Waals surface area contributed by atoms with Gasteiger partial charge in [-0.15, -0.1) is 0 Å². The van der Waals surface area contributed by atoms with Crippen LogP contribution in [-0.4, -0.2) is 45.1 Å². The van der Waals surface area contributed by atoms with E-state index in [1.165, 1.54) is 4.31 Å². The molecule has 6 nitrogen and oxygen atoms in total. The minimum absolute atomic E-state index is 0.0785. The first-order valence-electron chi connectivity index (χ1n) is 6.73. The first-order valence-corrected chi connectivity index (χ1v) is 8.17. The number of fused-ring (bicyclic) bond motifs is 1. The van der Waals surface area contributed by atoms with Crippen LogP contribution < -0.4 is 15.2 Å². The van der Waals surface area contributed by atoms with Gasteiger partial charge >= 0.3 is 0 Å². The number of hydrogen-bond donors (Lipinski definition) is 1. The number of rotatable bonds is 2. The molecule has 0 unspecified atom stereocenters. The summed E-state index contributed by atoms with van der Waals surface area (Å²) in [6.07, 6.45) is 1.49. The minimum atomic E-state index is -3.50. The standard InChI is InChI=1S/C13H18N2O4S/c14-10-4-5-15(9-10)20(16,17)11-2-3-12-13(8-11)19-7-1-6-18-12/h2-3,8,10H,1,4-7,9,14H2/t10-/m0/s1. The van der Waals surface area contributed by atoms with E-state index in [0.29, 0.717) is 44.2 Å². The fourth-order valence-electron chi connectivity index (χ4n) is 2.43. The molecular weight excluding hydrogens is 280 g/mol. The highest BCUT2D eigenvalue weighted by Crippen LogP contribution is 2.33. The Morgan fingerprint density at radius 1 is 1.20 bits per heavy atom. The number of benzene rings is 1. The number of sulfonamides is 1. The summed E-state index contributed by atoms with van der Waals surface area (Å²) >= 11 is 0. The van der Waals surface area contributed by atoms with Crippen LogP contribution in [0.25, 0.3) is 0 Å². The molecule has 1 atom stereocenters. The van der Waals surface area contributed by atoms with Gasteiger partial charge in [0.2, 0.25) is 10.0 Å². The fraction of sp³-hybridized carbons (Fsp3) is 0.538. The zero-order chi connectivity index (χ0) is 14.2. The highest BCUT2D eigenvalue weighted by atomic mass is 32.2. The molecule has 0 spiro atoms.